The lowest BCUT2D eigenvalue weighted by atomic mass is 9.91. The van der Waals surface area contributed by atoms with Crippen molar-refractivity contribution in [3.8, 4) is 0 Å². The second kappa shape index (κ2) is 5.92. The molecule has 0 fully saturated rings. The largest absolute Gasteiger partial charge is 0.490 e. The van der Waals surface area contributed by atoms with Crippen molar-refractivity contribution in [3.05, 3.63) is 0 Å². The molecule has 7 heteroatoms. The second-order valence-corrected chi connectivity index (χ2v) is 3.76. The molecule has 1 unspecified atom stereocenters. The van der Waals surface area contributed by atoms with E-state index >= 15 is 0 Å². The summed E-state index contributed by atoms with van der Waals surface area (Å²) in [7, 11) is 0. The second-order valence-electron chi connectivity index (χ2n) is 3.76. The van der Waals surface area contributed by atoms with Crippen molar-refractivity contribution >= 4 is 5.97 Å². The topological polar surface area (TPSA) is 89.3 Å². The van der Waals surface area contributed by atoms with Crippen molar-refractivity contribution in [2.45, 2.75) is 32.5 Å². The van der Waals surface area contributed by atoms with Gasteiger partial charge in [0.05, 0.1) is 0 Å². The SMILES string of the molecule is CC(CN)C(C)(C)N.O=C(O)C(F)(F)F. The van der Waals surface area contributed by atoms with E-state index in [-0.39, 0.29) is 5.54 Å². The smallest absolute Gasteiger partial charge is 0.475 e. The Kier molecular flexibility index (Phi) is 6.55. The monoisotopic (exact) mass is 230 g/mol. The number of hydrogen-bond acceptors (Lipinski definition) is 3. The maximum Gasteiger partial charge on any atom is 0.490 e. The molecule has 4 nitrogen and oxygen atoms in total. The molecule has 0 aromatic rings. The Morgan fingerprint density at radius 3 is 1.67 bits per heavy atom. The first-order valence-electron chi connectivity index (χ1n) is 4.22. The van der Waals surface area contributed by atoms with Crippen LogP contribution < -0.4 is 11.5 Å². The number of halogens is 3. The standard InChI is InChI=1S/C6H16N2.C2HF3O2/c1-5(4-7)6(2,3)8;3-2(4,5)1(6)7/h5H,4,7-8H2,1-3H3;(H,6,7). The molecule has 0 saturated carbocycles. The van der Waals surface area contributed by atoms with Crippen LogP contribution in [-0.2, 0) is 4.79 Å². The first kappa shape index (κ1) is 16.6. The summed E-state index contributed by atoms with van der Waals surface area (Å²) in [6, 6.07) is 0. The van der Waals surface area contributed by atoms with Crippen molar-refractivity contribution < 1.29 is 23.1 Å². The van der Waals surface area contributed by atoms with Gasteiger partial charge in [0.2, 0.25) is 0 Å². The molecule has 0 amide bonds. The van der Waals surface area contributed by atoms with Crippen molar-refractivity contribution in [1.82, 2.24) is 0 Å². The van der Waals surface area contributed by atoms with Crippen molar-refractivity contribution in [3.63, 3.8) is 0 Å². The number of rotatable bonds is 2. The van der Waals surface area contributed by atoms with E-state index in [4.69, 9.17) is 21.4 Å². The molecule has 15 heavy (non-hydrogen) atoms. The zero-order chi connectivity index (χ0) is 12.9. The minimum absolute atomic E-state index is 0.116. The Bertz CT molecular complexity index is 199. The molecule has 0 rings (SSSR count). The van der Waals surface area contributed by atoms with Gasteiger partial charge in [-0.25, -0.2) is 4.79 Å². The first-order valence-corrected chi connectivity index (χ1v) is 4.22. The van der Waals surface area contributed by atoms with Gasteiger partial charge in [-0.05, 0) is 26.3 Å². The number of carboxylic acids is 1. The van der Waals surface area contributed by atoms with Gasteiger partial charge in [0.25, 0.3) is 0 Å². The number of hydrogen-bond donors (Lipinski definition) is 3. The average Bonchev–Trinajstić information content (AvgIpc) is 2.00. The minimum atomic E-state index is -5.08. The van der Waals surface area contributed by atoms with Gasteiger partial charge in [-0.1, -0.05) is 6.92 Å². The van der Waals surface area contributed by atoms with E-state index in [0.29, 0.717) is 12.5 Å². The molecule has 0 radical (unpaired) electrons. The van der Waals surface area contributed by atoms with Crippen LogP contribution in [0.15, 0.2) is 0 Å². The third kappa shape index (κ3) is 9.48. The molecule has 0 aliphatic carbocycles. The van der Waals surface area contributed by atoms with Crippen LogP contribution in [0.4, 0.5) is 13.2 Å². The average molecular weight is 230 g/mol. The minimum Gasteiger partial charge on any atom is -0.475 e. The third-order valence-electron chi connectivity index (χ3n) is 1.87. The highest BCUT2D eigenvalue weighted by Gasteiger charge is 2.38. The molecule has 0 aliphatic heterocycles. The molecule has 1 atom stereocenters. The van der Waals surface area contributed by atoms with Crippen LogP contribution in [0.5, 0.6) is 0 Å². The normalized spacial score (nSPS) is 13.9. The van der Waals surface area contributed by atoms with Crippen molar-refractivity contribution in [2.24, 2.45) is 17.4 Å². The summed E-state index contributed by atoms with van der Waals surface area (Å²) >= 11 is 0. The summed E-state index contributed by atoms with van der Waals surface area (Å²) in [6.07, 6.45) is -5.08. The summed E-state index contributed by atoms with van der Waals surface area (Å²) in [5, 5.41) is 7.12. The number of alkyl halides is 3. The highest BCUT2D eigenvalue weighted by Crippen LogP contribution is 2.13. The van der Waals surface area contributed by atoms with Gasteiger partial charge in [-0.3, -0.25) is 0 Å². The van der Waals surface area contributed by atoms with E-state index < -0.39 is 12.1 Å². The Morgan fingerprint density at radius 2 is 1.67 bits per heavy atom. The van der Waals surface area contributed by atoms with Crippen LogP contribution in [0.25, 0.3) is 0 Å². The molecule has 0 aromatic heterocycles. The van der Waals surface area contributed by atoms with E-state index in [1.165, 1.54) is 0 Å². The summed E-state index contributed by atoms with van der Waals surface area (Å²) in [6.45, 7) is 6.71. The van der Waals surface area contributed by atoms with Gasteiger partial charge in [-0.2, -0.15) is 13.2 Å². The molecule has 0 bridgehead atoms. The number of aliphatic carboxylic acids is 1. The quantitative estimate of drug-likeness (QED) is 0.659. The predicted molar refractivity (Wildman–Crippen MR) is 50.2 cm³/mol. The highest BCUT2D eigenvalue weighted by atomic mass is 19.4. The molecule has 0 heterocycles. The van der Waals surface area contributed by atoms with E-state index in [2.05, 4.69) is 6.92 Å². The van der Waals surface area contributed by atoms with Gasteiger partial charge in [0.1, 0.15) is 0 Å². The zero-order valence-electron chi connectivity index (χ0n) is 8.93. The zero-order valence-corrected chi connectivity index (χ0v) is 8.93. The number of carbonyl (C=O) groups is 1. The fraction of sp³-hybridized carbons (Fsp3) is 0.875. The maximum atomic E-state index is 10.6. The molecule has 5 N–H and O–H groups in total. The fourth-order valence-electron chi connectivity index (χ4n) is 0.304. The van der Waals surface area contributed by atoms with Crippen LogP contribution in [0, 0.1) is 5.92 Å². The number of nitrogens with two attached hydrogens (primary N) is 2. The molecule has 92 valence electrons. The Labute approximate surface area is 86.4 Å². The van der Waals surface area contributed by atoms with E-state index in [1.807, 2.05) is 13.8 Å². The molecule has 0 aliphatic rings. The summed E-state index contributed by atoms with van der Waals surface area (Å²) in [5.41, 5.74) is 11.0. The lowest BCUT2D eigenvalue weighted by Gasteiger charge is -2.25. The van der Waals surface area contributed by atoms with Crippen LogP contribution in [0.3, 0.4) is 0 Å². The third-order valence-corrected chi connectivity index (χ3v) is 1.87. The number of carboxylic acid groups (broad SMARTS) is 1. The maximum absolute atomic E-state index is 10.6. The van der Waals surface area contributed by atoms with Crippen molar-refractivity contribution in [2.75, 3.05) is 6.54 Å². The van der Waals surface area contributed by atoms with Gasteiger partial charge in [0.15, 0.2) is 0 Å². The van der Waals surface area contributed by atoms with Gasteiger partial charge < -0.3 is 16.6 Å². The van der Waals surface area contributed by atoms with Crippen LogP contribution in [0.1, 0.15) is 20.8 Å². The Balaban J connectivity index is 0. The fourth-order valence-corrected chi connectivity index (χ4v) is 0.304. The lowest BCUT2D eigenvalue weighted by Crippen LogP contribution is -2.42. The highest BCUT2D eigenvalue weighted by molar-refractivity contribution is 5.73. The molecule has 0 spiro atoms. The van der Waals surface area contributed by atoms with Crippen LogP contribution >= 0.6 is 0 Å². The molecular formula is C8H17F3N2O2. The van der Waals surface area contributed by atoms with Gasteiger partial charge >= 0.3 is 12.1 Å². The summed E-state index contributed by atoms with van der Waals surface area (Å²) < 4.78 is 31.7. The Hall–Kier alpha value is -0.820. The van der Waals surface area contributed by atoms with E-state index in [0.717, 1.165) is 0 Å². The summed E-state index contributed by atoms with van der Waals surface area (Å²) in [4.78, 5) is 8.90. The van der Waals surface area contributed by atoms with Crippen LogP contribution in [-0.4, -0.2) is 29.3 Å². The molecule has 0 aromatic carbocycles. The van der Waals surface area contributed by atoms with E-state index in [1.54, 1.807) is 0 Å². The first-order chi connectivity index (χ1) is 6.42. The molecular weight excluding hydrogens is 213 g/mol. The van der Waals surface area contributed by atoms with E-state index in [9.17, 15) is 13.2 Å². The van der Waals surface area contributed by atoms with Gasteiger partial charge in [0, 0.05) is 5.54 Å². The van der Waals surface area contributed by atoms with Crippen molar-refractivity contribution in [1.29, 1.82) is 0 Å². The van der Waals surface area contributed by atoms with Gasteiger partial charge in [-0.15, -0.1) is 0 Å². The summed E-state index contributed by atoms with van der Waals surface area (Å²) in [5.74, 6) is -2.35. The lowest BCUT2D eigenvalue weighted by molar-refractivity contribution is -0.192. The predicted octanol–water partition coefficient (Wildman–Crippen LogP) is 0.952. The molecule has 0 saturated heterocycles. The Morgan fingerprint density at radius 1 is 1.40 bits per heavy atom. The van der Waals surface area contributed by atoms with Crippen LogP contribution in [0.2, 0.25) is 0 Å².